The minimum atomic E-state index is 0.0276. The van der Waals surface area contributed by atoms with E-state index in [4.69, 9.17) is 5.73 Å². The third kappa shape index (κ3) is 3.11. The van der Waals surface area contributed by atoms with Crippen molar-refractivity contribution in [3.63, 3.8) is 0 Å². The average molecular weight is 355 g/mol. The maximum Gasteiger partial charge on any atom is 0.0624 e. The Morgan fingerprint density at radius 3 is 2.78 bits per heavy atom. The highest BCUT2D eigenvalue weighted by molar-refractivity contribution is 14.1. The van der Waals surface area contributed by atoms with Crippen molar-refractivity contribution in [3.8, 4) is 0 Å². The first-order chi connectivity index (χ1) is 8.60. The van der Waals surface area contributed by atoms with Crippen molar-refractivity contribution in [2.75, 3.05) is 0 Å². The molecule has 0 aliphatic carbocycles. The molecule has 2 N–H and O–H groups in total. The number of halogens is 1. The van der Waals surface area contributed by atoms with Crippen molar-refractivity contribution in [2.24, 2.45) is 12.8 Å². The molecule has 0 bridgehead atoms. The highest BCUT2D eigenvalue weighted by Crippen LogP contribution is 2.18. The van der Waals surface area contributed by atoms with Crippen LogP contribution in [0.25, 0.3) is 0 Å². The fourth-order valence-electron chi connectivity index (χ4n) is 2.02. The van der Waals surface area contributed by atoms with Crippen LogP contribution in [0.1, 0.15) is 29.9 Å². The SMILES string of the molecule is CCc1cc(CC(N)c2cccc(I)c2)n(C)n1. The van der Waals surface area contributed by atoms with Crippen LogP contribution in [0.4, 0.5) is 0 Å². The highest BCUT2D eigenvalue weighted by Gasteiger charge is 2.11. The number of benzene rings is 1. The quantitative estimate of drug-likeness (QED) is 0.858. The molecule has 0 radical (unpaired) electrons. The minimum Gasteiger partial charge on any atom is -0.324 e. The maximum absolute atomic E-state index is 6.27. The monoisotopic (exact) mass is 355 g/mol. The van der Waals surface area contributed by atoms with E-state index in [1.165, 1.54) is 14.8 Å². The van der Waals surface area contributed by atoms with E-state index >= 15 is 0 Å². The minimum absolute atomic E-state index is 0.0276. The first-order valence-electron chi connectivity index (χ1n) is 6.13. The summed E-state index contributed by atoms with van der Waals surface area (Å²) in [4.78, 5) is 0. The summed E-state index contributed by atoms with van der Waals surface area (Å²) in [7, 11) is 1.98. The van der Waals surface area contributed by atoms with Gasteiger partial charge in [0.1, 0.15) is 0 Å². The fraction of sp³-hybridized carbons (Fsp3) is 0.357. The lowest BCUT2D eigenvalue weighted by Gasteiger charge is -2.12. The van der Waals surface area contributed by atoms with E-state index in [9.17, 15) is 0 Å². The second kappa shape index (κ2) is 5.84. The molecule has 1 aromatic carbocycles. The zero-order valence-electron chi connectivity index (χ0n) is 10.7. The molecule has 0 amide bonds. The maximum atomic E-state index is 6.27. The lowest BCUT2D eigenvalue weighted by atomic mass is 10.0. The van der Waals surface area contributed by atoms with Crippen molar-refractivity contribution < 1.29 is 0 Å². The molecule has 0 saturated carbocycles. The van der Waals surface area contributed by atoms with Gasteiger partial charge in [-0.1, -0.05) is 19.1 Å². The number of hydrogen-bond donors (Lipinski definition) is 1. The summed E-state index contributed by atoms with van der Waals surface area (Å²) in [6.45, 7) is 2.12. The molecule has 4 heteroatoms. The van der Waals surface area contributed by atoms with Crippen molar-refractivity contribution in [1.29, 1.82) is 0 Å². The largest absolute Gasteiger partial charge is 0.324 e. The van der Waals surface area contributed by atoms with Crippen LogP contribution < -0.4 is 5.73 Å². The van der Waals surface area contributed by atoms with Crippen LogP contribution in [0.3, 0.4) is 0 Å². The second-order valence-corrected chi connectivity index (χ2v) is 5.72. The lowest BCUT2D eigenvalue weighted by Crippen LogP contribution is -2.15. The Labute approximate surface area is 122 Å². The number of rotatable bonds is 4. The number of aromatic nitrogens is 2. The Morgan fingerprint density at radius 1 is 1.39 bits per heavy atom. The summed E-state index contributed by atoms with van der Waals surface area (Å²) in [5, 5.41) is 4.45. The molecule has 1 heterocycles. The van der Waals surface area contributed by atoms with Crippen molar-refractivity contribution in [2.45, 2.75) is 25.8 Å². The Morgan fingerprint density at radius 2 is 2.17 bits per heavy atom. The van der Waals surface area contributed by atoms with Gasteiger partial charge in [0.05, 0.1) is 5.69 Å². The predicted octanol–water partition coefficient (Wildman–Crippen LogP) is 2.83. The van der Waals surface area contributed by atoms with Gasteiger partial charge in [0.15, 0.2) is 0 Å². The summed E-state index contributed by atoms with van der Waals surface area (Å²) in [6, 6.07) is 10.5. The van der Waals surface area contributed by atoms with E-state index in [0.717, 1.165) is 18.5 Å². The van der Waals surface area contributed by atoms with Gasteiger partial charge >= 0.3 is 0 Å². The average Bonchev–Trinajstić information content (AvgIpc) is 2.70. The van der Waals surface area contributed by atoms with Crippen LogP contribution >= 0.6 is 22.6 Å². The smallest absolute Gasteiger partial charge is 0.0624 e. The van der Waals surface area contributed by atoms with Crippen LogP contribution in [0.2, 0.25) is 0 Å². The zero-order chi connectivity index (χ0) is 13.1. The van der Waals surface area contributed by atoms with E-state index in [1.807, 2.05) is 11.7 Å². The van der Waals surface area contributed by atoms with Gasteiger partial charge in [0, 0.05) is 28.8 Å². The van der Waals surface area contributed by atoms with Gasteiger partial charge in [0.25, 0.3) is 0 Å². The first kappa shape index (κ1) is 13.5. The third-order valence-corrected chi connectivity index (χ3v) is 3.77. The summed E-state index contributed by atoms with van der Waals surface area (Å²) < 4.78 is 3.16. The van der Waals surface area contributed by atoms with E-state index in [-0.39, 0.29) is 6.04 Å². The molecule has 2 aromatic rings. The van der Waals surface area contributed by atoms with Crippen molar-refractivity contribution >= 4 is 22.6 Å². The molecular formula is C14H18IN3. The molecule has 2 rings (SSSR count). The molecular weight excluding hydrogens is 337 g/mol. The van der Waals surface area contributed by atoms with Gasteiger partial charge in [-0.15, -0.1) is 0 Å². The Balaban J connectivity index is 2.15. The highest BCUT2D eigenvalue weighted by atomic mass is 127. The standard InChI is InChI=1S/C14H18IN3/c1-3-12-8-13(18(2)17-12)9-14(16)10-5-4-6-11(15)7-10/h4-8,14H,3,9,16H2,1-2H3. The molecule has 18 heavy (non-hydrogen) atoms. The van der Waals surface area contributed by atoms with Crippen LogP contribution in [-0.2, 0) is 19.9 Å². The number of hydrogen-bond acceptors (Lipinski definition) is 2. The number of aryl methyl sites for hydroxylation is 2. The zero-order valence-corrected chi connectivity index (χ0v) is 12.9. The van der Waals surface area contributed by atoms with Gasteiger partial charge in [-0.25, -0.2) is 0 Å². The normalized spacial score (nSPS) is 12.7. The third-order valence-electron chi connectivity index (χ3n) is 3.10. The molecule has 0 aliphatic heterocycles. The van der Waals surface area contributed by atoms with E-state index < -0.39 is 0 Å². The molecule has 1 unspecified atom stereocenters. The first-order valence-corrected chi connectivity index (χ1v) is 7.21. The van der Waals surface area contributed by atoms with Gasteiger partial charge in [0.2, 0.25) is 0 Å². The van der Waals surface area contributed by atoms with Crippen molar-refractivity contribution in [1.82, 2.24) is 9.78 Å². The van der Waals surface area contributed by atoms with Crippen LogP contribution in [0.15, 0.2) is 30.3 Å². The fourth-order valence-corrected chi connectivity index (χ4v) is 2.58. The van der Waals surface area contributed by atoms with Crippen LogP contribution in [0.5, 0.6) is 0 Å². The predicted molar refractivity (Wildman–Crippen MR) is 82.4 cm³/mol. The summed E-state index contributed by atoms with van der Waals surface area (Å²) >= 11 is 2.31. The van der Waals surface area contributed by atoms with Crippen LogP contribution in [-0.4, -0.2) is 9.78 Å². The number of nitrogens with zero attached hydrogens (tertiary/aromatic N) is 2. The summed E-state index contributed by atoms with van der Waals surface area (Å²) in [5.41, 5.74) is 9.77. The molecule has 3 nitrogen and oxygen atoms in total. The van der Waals surface area contributed by atoms with E-state index in [1.54, 1.807) is 0 Å². The summed E-state index contributed by atoms with van der Waals surface area (Å²) in [6.07, 6.45) is 1.79. The Hall–Kier alpha value is -0.880. The second-order valence-electron chi connectivity index (χ2n) is 4.47. The molecule has 0 aliphatic rings. The molecule has 0 spiro atoms. The molecule has 1 aromatic heterocycles. The Bertz CT molecular complexity index is 534. The Kier molecular flexibility index (Phi) is 4.40. The van der Waals surface area contributed by atoms with Crippen LogP contribution in [0, 0.1) is 3.57 Å². The topological polar surface area (TPSA) is 43.8 Å². The van der Waals surface area contributed by atoms with Gasteiger partial charge in [-0.3, -0.25) is 4.68 Å². The number of nitrogens with two attached hydrogens (primary N) is 1. The molecule has 0 fully saturated rings. The van der Waals surface area contributed by atoms with E-state index in [0.29, 0.717) is 0 Å². The molecule has 96 valence electrons. The lowest BCUT2D eigenvalue weighted by molar-refractivity contribution is 0.638. The molecule has 0 saturated heterocycles. The van der Waals surface area contributed by atoms with Crippen molar-refractivity contribution in [3.05, 3.63) is 50.9 Å². The van der Waals surface area contributed by atoms with Gasteiger partial charge < -0.3 is 5.73 Å². The summed E-state index contributed by atoms with van der Waals surface area (Å²) in [5.74, 6) is 0. The molecule has 1 atom stereocenters. The van der Waals surface area contributed by atoms with Gasteiger partial charge in [-0.2, -0.15) is 5.10 Å². The van der Waals surface area contributed by atoms with Gasteiger partial charge in [-0.05, 0) is 52.8 Å². The van der Waals surface area contributed by atoms with E-state index in [2.05, 4.69) is 64.9 Å².